The zero-order valence-electron chi connectivity index (χ0n) is 13.4. The molecular weight excluding hydrogens is 322 g/mol. The summed E-state index contributed by atoms with van der Waals surface area (Å²) in [6.45, 7) is 1.18. The van der Waals surface area contributed by atoms with Crippen molar-refractivity contribution in [1.82, 2.24) is 25.0 Å². The molecule has 0 unspecified atom stereocenters. The number of nitrogens with zero attached hydrogens (tertiary/aromatic N) is 3. The average Bonchev–Trinajstić information content (AvgIpc) is 3.28. The standard InChI is InChI=1S/C17H17N5O3/c23-16-13-6-8-21(17(24)19-10-12-4-3-9-25-12)11-14(13)20-22(16)15-5-1-2-7-18-15/h1-5,7,9,20H,6,8,10-11H2,(H,19,24). The molecule has 0 saturated heterocycles. The van der Waals surface area contributed by atoms with Gasteiger partial charge in [-0.05, 0) is 30.7 Å². The number of pyridine rings is 1. The molecule has 1 aliphatic heterocycles. The minimum Gasteiger partial charge on any atom is -0.467 e. The quantitative estimate of drug-likeness (QED) is 0.754. The van der Waals surface area contributed by atoms with Gasteiger partial charge in [0.1, 0.15) is 5.76 Å². The molecule has 3 aromatic rings. The summed E-state index contributed by atoms with van der Waals surface area (Å²) in [6, 6.07) is 8.77. The molecule has 1 aliphatic rings. The maximum atomic E-state index is 12.5. The Kier molecular flexibility index (Phi) is 3.85. The molecule has 0 aliphatic carbocycles. The average molecular weight is 339 g/mol. The number of carbonyl (C=O) groups excluding carboxylic acids is 1. The van der Waals surface area contributed by atoms with Crippen LogP contribution in [0.1, 0.15) is 17.0 Å². The second-order valence-electron chi connectivity index (χ2n) is 5.81. The van der Waals surface area contributed by atoms with Gasteiger partial charge in [0.2, 0.25) is 0 Å². The van der Waals surface area contributed by atoms with Gasteiger partial charge in [0.25, 0.3) is 5.56 Å². The Hall–Kier alpha value is -3.29. The summed E-state index contributed by atoms with van der Waals surface area (Å²) < 4.78 is 6.63. The van der Waals surface area contributed by atoms with Crippen LogP contribution in [0.4, 0.5) is 4.79 Å². The molecule has 8 heteroatoms. The summed E-state index contributed by atoms with van der Waals surface area (Å²) in [6.07, 6.45) is 3.72. The fraction of sp³-hybridized carbons (Fsp3) is 0.235. The predicted octanol–water partition coefficient (Wildman–Crippen LogP) is 1.42. The minimum atomic E-state index is -0.187. The van der Waals surface area contributed by atoms with Crippen molar-refractivity contribution in [3.8, 4) is 5.82 Å². The smallest absolute Gasteiger partial charge is 0.318 e. The number of aromatic nitrogens is 3. The Morgan fingerprint density at radius 1 is 1.32 bits per heavy atom. The van der Waals surface area contributed by atoms with Crippen molar-refractivity contribution < 1.29 is 9.21 Å². The Morgan fingerprint density at radius 3 is 3.00 bits per heavy atom. The van der Waals surface area contributed by atoms with Crippen molar-refractivity contribution in [3.63, 3.8) is 0 Å². The van der Waals surface area contributed by atoms with Gasteiger partial charge in [0, 0.05) is 18.3 Å². The molecule has 25 heavy (non-hydrogen) atoms. The van der Waals surface area contributed by atoms with Gasteiger partial charge in [0.05, 0.1) is 25.0 Å². The lowest BCUT2D eigenvalue weighted by Gasteiger charge is -2.26. The van der Waals surface area contributed by atoms with Crippen molar-refractivity contribution in [2.24, 2.45) is 0 Å². The number of H-pyrrole nitrogens is 1. The molecule has 4 heterocycles. The van der Waals surface area contributed by atoms with Crippen molar-refractivity contribution in [1.29, 1.82) is 0 Å². The summed E-state index contributed by atoms with van der Waals surface area (Å²) in [5.74, 6) is 1.23. The van der Waals surface area contributed by atoms with E-state index in [1.54, 1.807) is 41.6 Å². The summed E-state index contributed by atoms with van der Waals surface area (Å²) >= 11 is 0. The van der Waals surface area contributed by atoms with Crippen LogP contribution in [0.25, 0.3) is 5.82 Å². The lowest BCUT2D eigenvalue weighted by Crippen LogP contribution is -2.43. The first-order chi connectivity index (χ1) is 12.2. The molecule has 8 nitrogen and oxygen atoms in total. The van der Waals surface area contributed by atoms with Crippen LogP contribution in [0.3, 0.4) is 0 Å². The number of amides is 2. The summed E-state index contributed by atoms with van der Waals surface area (Å²) in [4.78, 5) is 30.7. The molecule has 0 bridgehead atoms. The predicted molar refractivity (Wildman–Crippen MR) is 89.2 cm³/mol. The van der Waals surface area contributed by atoms with E-state index in [0.29, 0.717) is 43.2 Å². The van der Waals surface area contributed by atoms with Gasteiger partial charge in [-0.1, -0.05) is 6.07 Å². The third kappa shape index (κ3) is 2.93. The molecule has 3 aromatic heterocycles. The van der Waals surface area contributed by atoms with Crippen molar-refractivity contribution in [2.75, 3.05) is 6.54 Å². The van der Waals surface area contributed by atoms with E-state index in [1.807, 2.05) is 6.07 Å². The van der Waals surface area contributed by atoms with Gasteiger partial charge in [-0.3, -0.25) is 9.89 Å². The van der Waals surface area contributed by atoms with Crippen LogP contribution in [0.5, 0.6) is 0 Å². The Morgan fingerprint density at radius 2 is 2.24 bits per heavy atom. The van der Waals surface area contributed by atoms with E-state index in [2.05, 4.69) is 15.4 Å². The highest BCUT2D eigenvalue weighted by Crippen LogP contribution is 2.15. The van der Waals surface area contributed by atoms with Crippen molar-refractivity contribution >= 4 is 6.03 Å². The molecule has 4 rings (SSSR count). The zero-order chi connectivity index (χ0) is 17.2. The second-order valence-corrected chi connectivity index (χ2v) is 5.81. The van der Waals surface area contributed by atoms with E-state index in [1.165, 1.54) is 4.68 Å². The van der Waals surface area contributed by atoms with E-state index in [0.717, 1.165) is 5.69 Å². The highest BCUT2D eigenvalue weighted by molar-refractivity contribution is 5.74. The third-order valence-electron chi connectivity index (χ3n) is 4.21. The third-order valence-corrected chi connectivity index (χ3v) is 4.21. The first-order valence-corrected chi connectivity index (χ1v) is 8.01. The number of furan rings is 1. The van der Waals surface area contributed by atoms with E-state index in [9.17, 15) is 9.59 Å². The van der Waals surface area contributed by atoms with Gasteiger partial charge in [-0.15, -0.1) is 0 Å². The van der Waals surface area contributed by atoms with Crippen molar-refractivity contribution in [3.05, 3.63) is 70.2 Å². The first-order valence-electron chi connectivity index (χ1n) is 8.01. The van der Waals surface area contributed by atoms with Crippen LogP contribution in [0.2, 0.25) is 0 Å². The number of carbonyl (C=O) groups is 1. The topological polar surface area (TPSA) is 96.2 Å². The molecule has 0 saturated carbocycles. The van der Waals surface area contributed by atoms with Gasteiger partial charge in [0.15, 0.2) is 5.82 Å². The van der Waals surface area contributed by atoms with E-state index in [-0.39, 0.29) is 11.6 Å². The van der Waals surface area contributed by atoms with Crippen LogP contribution in [0, 0.1) is 0 Å². The van der Waals surface area contributed by atoms with E-state index < -0.39 is 0 Å². The SMILES string of the molecule is O=C(NCc1ccco1)N1CCc2c([nH]n(-c3ccccn3)c2=O)C1. The summed E-state index contributed by atoms with van der Waals surface area (Å²) in [5.41, 5.74) is 1.35. The summed E-state index contributed by atoms with van der Waals surface area (Å²) in [7, 11) is 0. The molecular formula is C17H17N5O3. The largest absolute Gasteiger partial charge is 0.467 e. The van der Waals surface area contributed by atoms with Crippen LogP contribution in [0.15, 0.2) is 52.0 Å². The maximum Gasteiger partial charge on any atom is 0.318 e. The second kappa shape index (κ2) is 6.31. The van der Waals surface area contributed by atoms with Gasteiger partial charge >= 0.3 is 6.03 Å². The normalized spacial score (nSPS) is 13.5. The molecule has 128 valence electrons. The number of fused-ring (bicyclic) bond motifs is 1. The fourth-order valence-corrected chi connectivity index (χ4v) is 2.93. The molecule has 2 N–H and O–H groups in total. The fourth-order valence-electron chi connectivity index (χ4n) is 2.93. The number of hydrogen-bond donors (Lipinski definition) is 2. The van der Waals surface area contributed by atoms with Crippen molar-refractivity contribution in [2.45, 2.75) is 19.5 Å². The number of hydrogen-bond acceptors (Lipinski definition) is 4. The number of nitrogens with one attached hydrogen (secondary N) is 2. The lowest BCUT2D eigenvalue weighted by atomic mass is 10.1. The Labute approximate surface area is 143 Å². The first kappa shape index (κ1) is 15.3. The Bertz CT molecular complexity index is 927. The van der Waals surface area contributed by atoms with Gasteiger partial charge < -0.3 is 14.6 Å². The van der Waals surface area contributed by atoms with Crippen LogP contribution in [-0.2, 0) is 19.5 Å². The molecule has 0 radical (unpaired) electrons. The molecule has 2 amide bonds. The maximum absolute atomic E-state index is 12.5. The lowest BCUT2D eigenvalue weighted by molar-refractivity contribution is 0.190. The molecule has 0 spiro atoms. The number of aromatic amines is 1. The highest BCUT2D eigenvalue weighted by atomic mass is 16.3. The van der Waals surface area contributed by atoms with Gasteiger partial charge in [-0.25, -0.2) is 14.5 Å². The van der Waals surface area contributed by atoms with Gasteiger partial charge in [-0.2, -0.15) is 0 Å². The zero-order valence-corrected chi connectivity index (χ0v) is 13.4. The van der Waals surface area contributed by atoms with E-state index in [4.69, 9.17) is 4.42 Å². The van der Waals surface area contributed by atoms with Crippen LogP contribution >= 0.6 is 0 Å². The van der Waals surface area contributed by atoms with Crippen LogP contribution < -0.4 is 10.9 Å². The number of rotatable bonds is 3. The monoisotopic (exact) mass is 339 g/mol. The Balaban J connectivity index is 1.49. The highest BCUT2D eigenvalue weighted by Gasteiger charge is 2.26. The number of urea groups is 1. The molecule has 0 fully saturated rings. The van der Waals surface area contributed by atoms with Crippen LogP contribution in [-0.4, -0.2) is 32.2 Å². The summed E-state index contributed by atoms with van der Waals surface area (Å²) in [5, 5.41) is 5.89. The van der Waals surface area contributed by atoms with E-state index >= 15 is 0 Å². The minimum absolute atomic E-state index is 0.107. The molecule has 0 aromatic carbocycles. The molecule has 0 atom stereocenters.